The molecule has 1 N–H and O–H groups in total. The standard InChI is InChI=1S/C20H18F3N3O3S/c1-2-3-6-26-17-16(18(27)25-19(26)30)12(20(21,22)23)10-13(24-17)11-4-5-14-15(9-11)29-8-7-28-14/h4-5,9-10H,2-3,6-8H2,1H3,(H,25,27,30). The van der Waals surface area contributed by atoms with Gasteiger partial charge in [0, 0.05) is 12.1 Å². The summed E-state index contributed by atoms with van der Waals surface area (Å²) in [6.07, 6.45) is -3.27. The van der Waals surface area contributed by atoms with Crippen LogP contribution in [0.15, 0.2) is 29.1 Å². The van der Waals surface area contributed by atoms with E-state index in [1.54, 1.807) is 18.2 Å². The second kappa shape index (κ2) is 7.75. The molecule has 0 amide bonds. The number of aromatic nitrogens is 3. The highest BCUT2D eigenvalue weighted by atomic mass is 32.1. The van der Waals surface area contributed by atoms with Crippen LogP contribution in [-0.2, 0) is 12.7 Å². The van der Waals surface area contributed by atoms with Crippen LogP contribution >= 0.6 is 12.2 Å². The molecule has 1 aliphatic heterocycles. The second-order valence-electron chi connectivity index (χ2n) is 6.87. The summed E-state index contributed by atoms with van der Waals surface area (Å²) in [6, 6.07) is 5.71. The molecule has 0 fully saturated rings. The number of aryl methyl sites for hydroxylation is 1. The molecule has 30 heavy (non-hydrogen) atoms. The highest BCUT2D eigenvalue weighted by molar-refractivity contribution is 7.71. The van der Waals surface area contributed by atoms with E-state index in [1.165, 1.54) is 4.57 Å². The van der Waals surface area contributed by atoms with Crippen LogP contribution in [0.5, 0.6) is 11.5 Å². The maximum absolute atomic E-state index is 13.9. The zero-order chi connectivity index (χ0) is 21.5. The smallest absolute Gasteiger partial charge is 0.417 e. The molecular weight excluding hydrogens is 419 g/mol. The third-order valence-electron chi connectivity index (χ3n) is 4.83. The molecule has 0 spiro atoms. The molecule has 3 heterocycles. The Kier molecular flexibility index (Phi) is 5.27. The fourth-order valence-electron chi connectivity index (χ4n) is 3.37. The van der Waals surface area contributed by atoms with Gasteiger partial charge in [-0.05, 0) is 42.9 Å². The lowest BCUT2D eigenvalue weighted by atomic mass is 10.1. The molecule has 1 aromatic carbocycles. The van der Waals surface area contributed by atoms with Gasteiger partial charge in [0.2, 0.25) is 0 Å². The monoisotopic (exact) mass is 437 g/mol. The van der Waals surface area contributed by atoms with Gasteiger partial charge in [-0.15, -0.1) is 0 Å². The largest absolute Gasteiger partial charge is 0.486 e. The maximum atomic E-state index is 13.9. The summed E-state index contributed by atoms with van der Waals surface area (Å²) in [5, 5.41) is -0.520. The van der Waals surface area contributed by atoms with Gasteiger partial charge in [-0.3, -0.25) is 9.78 Å². The van der Waals surface area contributed by atoms with Crippen molar-refractivity contribution < 1.29 is 22.6 Å². The number of halogens is 3. The predicted octanol–water partition coefficient (Wildman–Crippen LogP) is 4.71. The Balaban J connectivity index is 2.02. The summed E-state index contributed by atoms with van der Waals surface area (Å²) in [7, 11) is 0. The van der Waals surface area contributed by atoms with Gasteiger partial charge in [0.1, 0.15) is 18.9 Å². The van der Waals surface area contributed by atoms with Crippen molar-refractivity contribution in [3.63, 3.8) is 0 Å². The number of rotatable bonds is 4. The van der Waals surface area contributed by atoms with Crippen molar-refractivity contribution in [1.82, 2.24) is 14.5 Å². The normalized spacial score (nSPS) is 13.6. The molecule has 4 rings (SSSR count). The molecule has 0 atom stereocenters. The zero-order valence-electron chi connectivity index (χ0n) is 16.0. The first-order chi connectivity index (χ1) is 14.3. The Labute approximate surface area is 174 Å². The van der Waals surface area contributed by atoms with E-state index < -0.39 is 22.7 Å². The minimum absolute atomic E-state index is 0.0425. The van der Waals surface area contributed by atoms with E-state index in [9.17, 15) is 18.0 Å². The van der Waals surface area contributed by atoms with Crippen molar-refractivity contribution in [2.75, 3.05) is 13.2 Å². The summed E-state index contributed by atoms with van der Waals surface area (Å²) in [6.45, 7) is 3.05. The van der Waals surface area contributed by atoms with Crippen molar-refractivity contribution in [3.05, 3.63) is 45.0 Å². The van der Waals surface area contributed by atoms with Gasteiger partial charge >= 0.3 is 6.18 Å². The lowest BCUT2D eigenvalue weighted by molar-refractivity contribution is -0.136. The average Bonchev–Trinajstić information content (AvgIpc) is 2.71. The molecular formula is C20H18F3N3O3S. The fraction of sp³-hybridized carbons (Fsp3) is 0.350. The number of benzene rings is 1. The molecule has 0 radical (unpaired) electrons. The summed E-state index contributed by atoms with van der Waals surface area (Å²) in [4.78, 5) is 19.2. The first kappa shape index (κ1) is 20.4. The van der Waals surface area contributed by atoms with Crippen molar-refractivity contribution in [2.24, 2.45) is 0 Å². The quantitative estimate of drug-likeness (QED) is 0.599. The van der Waals surface area contributed by atoms with Crippen molar-refractivity contribution in [3.8, 4) is 22.8 Å². The van der Waals surface area contributed by atoms with Gasteiger partial charge in [-0.25, -0.2) is 4.98 Å². The summed E-state index contributed by atoms with van der Waals surface area (Å²) < 4.78 is 54.2. The van der Waals surface area contributed by atoms with Crippen LogP contribution in [0.2, 0.25) is 0 Å². The third kappa shape index (κ3) is 3.67. The highest BCUT2D eigenvalue weighted by Crippen LogP contribution is 2.38. The molecule has 1 aliphatic rings. The van der Waals surface area contributed by atoms with E-state index in [4.69, 9.17) is 21.7 Å². The fourth-order valence-corrected chi connectivity index (χ4v) is 3.64. The molecule has 158 valence electrons. The van der Waals surface area contributed by atoms with E-state index in [0.717, 1.165) is 12.5 Å². The van der Waals surface area contributed by atoms with E-state index in [2.05, 4.69) is 9.97 Å². The maximum Gasteiger partial charge on any atom is 0.417 e. The van der Waals surface area contributed by atoms with E-state index in [0.29, 0.717) is 43.2 Å². The van der Waals surface area contributed by atoms with Crippen LogP contribution in [0, 0.1) is 4.77 Å². The molecule has 3 aromatic rings. The van der Waals surface area contributed by atoms with Crippen LogP contribution in [0.3, 0.4) is 0 Å². The molecule has 0 saturated carbocycles. The molecule has 0 saturated heterocycles. The average molecular weight is 437 g/mol. The molecule has 0 aliphatic carbocycles. The Bertz CT molecular complexity index is 1230. The third-order valence-corrected chi connectivity index (χ3v) is 5.15. The number of alkyl halides is 3. The van der Waals surface area contributed by atoms with Gasteiger partial charge in [0.15, 0.2) is 16.3 Å². The number of pyridine rings is 1. The number of H-pyrrole nitrogens is 1. The van der Waals surface area contributed by atoms with Crippen LogP contribution < -0.4 is 15.0 Å². The molecule has 2 aromatic heterocycles. The number of aromatic amines is 1. The lowest BCUT2D eigenvalue weighted by Crippen LogP contribution is -2.21. The van der Waals surface area contributed by atoms with Crippen molar-refractivity contribution in [2.45, 2.75) is 32.5 Å². The number of nitrogens with zero attached hydrogens (tertiary/aromatic N) is 2. The Morgan fingerprint density at radius 2 is 1.93 bits per heavy atom. The van der Waals surface area contributed by atoms with Crippen LogP contribution in [0.25, 0.3) is 22.3 Å². The highest BCUT2D eigenvalue weighted by Gasteiger charge is 2.35. The lowest BCUT2D eigenvalue weighted by Gasteiger charge is -2.19. The molecule has 10 heteroatoms. The Morgan fingerprint density at radius 1 is 1.20 bits per heavy atom. The first-order valence-corrected chi connectivity index (χ1v) is 9.85. The summed E-state index contributed by atoms with van der Waals surface area (Å²) in [5.74, 6) is 0.951. The van der Waals surface area contributed by atoms with E-state index in [-0.39, 0.29) is 16.1 Å². The minimum Gasteiger partial charge on any atom is -0.486 e. The van der Waals surface area contributed by atoms with Crippen LogP contribution in [0.4, 0.5) is 13.2 Å². The summed E-state index contributed by atoms with van der Waals surface area (Å²) in [5.41, 5.74) is -1.57. The molecule has 6 nitrogen and oxygen atoms in total. The number of hydrogen-bond donors (Lipinski definition) is 1. The van der Waals surface area contributed by atoms with Crippen LogP contribution in [-0.4, -0.2) is 27.7 Å². The SMILES string of the molecule is CCCCn1c(=S)[nH]c(=O)c2c(C(F)(F)F)cc(-c3ccc4c(c3)OCCO4)nc21. The first-order valence-electron chi connectivity index (χ1n) is 9.44. The number of unbranched alkanes of at least 4 members (excludes halogenated alkanes) is 1. The van der Waals surface area contributed by atoms with E-state index in [1.807, 2.05) is 6.92 Å². The van der Waals surface area contributed by atoms with Crippen molar-refractivity contribution in [1.29, 1.82) is 0 Å². The Morgan fingerprint density at radius 3 is 2.63 bits per heavy atom. The zero-order valence-corrected chi connectivity index (χ0v) is 16.8. The van der Waals surface area contributed by atoms with Gasteiger partial charge in [0.25, 0.3) is 5.56 Å². The number of ether oxygens (including phenoxy) is 2. The topological polar surface area (TPSA) is 69.1 Å². The van der Waals surface area contributed by atoms with Gasteiger partial charge in [-0.1, -0.05) is 13.3 Å². The predicted molar refractivity (Wildman–Crippen MR) is 108 cm³/mol. The molecule has 0 bridgehead atoms. The van der Waals surface area contributed by atoms with Gasteiger partial charge in [0.05, 0.1) is 16.6 Å². The van der Waals surface area contributed by atoms with E-state index >= 15 is 0 Å². The van der Waals surface area contributed by atoms with Gasteiger partial charge < -0.3 is 14.0 Å². The number of fused-ring (bicyclic) bond motifs is 2. The number of hydrogen-bond acceptors (Lipinski definition) is 5. The Hall–Kier alpha value is -2.88. The second-order valence-corrected chi connectivity index (χ2v) is 7.26. The summed E-state index contributed by atoms with van der Waals surface area (Å²) >= 11 is 5.21. The van der Waals surface area contributed by atoms with Gasteiger partial charge in [-0.2, -0.15) is 13.2 Å². The molecule has 0 unspecified atom stereocenters. The number of nitrogens with one attached hydrogen (secondary N) is 1. The van der Waals surface area contributed by atoms with Crippen molar-refractivity contribution >= 4 is 23.3 Å². The van der Waals surface area contributed by atoms with Crippen LogP contribution in [0.1, 0.15) is 25.3 Å². The minimum atomic E-state index is -4.75.